The van der Waals surface area contributed by atoms with Crippen LogP contribution in [0.2, 0.25) is 0 Å². The van der Waals surface area contributed by atoms with Crippen LogP contribution in [0.5, 0.6) is 0 Å². The Labute approximate surface area is 115 Å². The zero-order chi connectivity index (χ0) is 14.5. The fraction of sp³-hybridized carbons (Fsp3) is 0.500. The number of hydrogen-bond donors (Lipinski definition) is 2. The molecule has 0 aliphatic carbocycles. The highest BCUT2D eigenvalue weighted by Crippen LogP contribution is 2.18. The predicted octanol–water partition coefficient (Wildman–Crippen LogP) is -0.282. The number of hydrogen-bond acceptors (Lipinski definition) is 5. The van der Waals surface area contributed by atoms with Gasteiger partial charge in [0.25, 0.3) is 0 Å². The zero-order valence-corrected chi connectivity index (χ0v) is 11.0. The molecule has 1 saturated heterocycles. The van der Waals surface area contributed by atoms with Gasteiger partial charge in [0.1, 0.15) is 12.2 Å². The van der Waals surface area contributed by atoms with Crippen LogP contribution in [0.1, 0.15) is 5.69 Å². The van der Waals surface area contributed by atoms with Crippen LogP contribution >= 0.6 is 0 Å². The summed E-state index contributed by atoms with van der Waals surface area (Å²) in [6, 6.07) is 0.877. The lowest BCUT2D eigenvalue weighted by atomic mass is 10.0. The van der Waals surface area contributed by atoms with Crippen LogP contribution in [-0.4, -0.2) is 58.3 Å². The fourth-order valence-electron chi connectivity index (χ4n) is 2.02. The first-order valence-electron chi connectivity index (χ1n) is 6.15. The average Bonchev–Trinajstić information content (AvgIpc) is 2.94. The van der Waals surface area contributed by atoms with E-state index in [1.807, 2.05) is 0 Å². The summed E-state index contributed by atoms with van der Waals surface area (Å²) >= 11 is 0. The lowest BCUT2D eigenvalue weighted by molar-refractivity contribution is -0.142. The predicted molar refractivity (Wildman–Crippen MR) is 67.8 cm³/mol. The van der Waals surface area contributed by atoms with Gasteiger partial charge in [0.15, 0.2) is 0 Å². The first-order chi connectivity index (χ1) is 9.59. The summed E-state index contributed by atoms with van der Waals surface area (Å²) in [7, 11) is 1.56. The number of aliphatic carboxylic acids is 1. The number of urea groups is 1. The van der Waals surface area contributed by atoms with E-state index in [1.54, 1.807) is 19.3 Å². The zero-order valence-electron chi connectivity index (χ0n) is 11.0. The van der Waals surface area contributed by atoms with Crippen molar-refractivity contribution in [2.45, 2.75) is 12.6 Å². The normalized spacial score (nSPS) is 21.4. The summed E-state index contributed by atoms with van der Waals surface area (Å²) in [5.74, 6) is -1.65. The summed E-state index contributed by atoms with van der Waals surface area (Å²) in [6.07, 6.45) is 2.99. The van der Waals surface area contributed by atoms with E-state index < -0.39 is 17.9 Å². The van der Waals surface area contributed by atoms with Crippen LogP contribution in [0.25, 0.3) is 0 Å². The van der Waals surface area contributed by atoms with E-state index >= 15 is 0 Å². The number of carboxylic acid groups (broad SMARTS) is 1. The van der Waals surface area contributed by atoms with Crippen molar-refractivity contribution in [1.29, 1.82) is 0 Å². The standard InChI is InChI=1S/C12H16N4O4/c1-16(10-6-20-5-9(10)11(17)18)12(19)14-4-8-2-3-13-7-15-8/h2-3,7,9-10H,4-6H2,1H3,(H,14,19)(H,17,18). The summed E-state index contributed by atoms with van der Waals surface area (Å²) in [6.45, 7) is 0.620. The van der Waals surface area contributed by atoms with E-state index in [0.717, 1.165) is 0 Å². The number of nitrogens with zero attached hydrogens (tertiary/aromatic N) is 3. The topological polar surface area (TPSA) is 105 Å². The van der Waals surface area contributed by atoms with E-state index in [-0.39, 0.29) is 25.8 Å². The van der Waals surface area contributed by atoms with Gasteiger partial charge in [-0.1, -0.05) is 0 Å². The molecule has 0 aromatic carbocycles. The number of aromatic nitrogens is 2. The molecule has 1 fully saturated rings. The van der Waals surface area contributed by atoms with E-state index in [2.05, 4.69) is 15.3 Å². The average molecular weight is 280 g/mol. The van der Waals surface area contributed by atoms with Crippen molar-refractivity contribution < 1.29 is 19.4 Å². The molecule has 8 nitrogen and oxygen atoms in total. The van der Waals surface area contributed by atoms with Gasteiger partial charge in [0.2, 0.25) is 0 Å². The highest BCUT2D eigenvalue weighted by atomic mass is 16.5. The van der Waals surface area contributed by atoms with E-state index in [9.17, 15) is 9.59 Å². The minimum absolute atomic E-state index is 0.129. The van der Waals surface area contributed by atoms with Crippen LogP contribution in [0.4, 0.5) is 4.79 Å². The largest absolute Gasteiger partial charge is 0.481 e. The SMILES string of the molecule is CN(C(=O)NCc1ccncn1)C1COCC1C(=O)O. The Morgan fingerprint density at radius 1 is 1.55 bits per heavy atom. The summed E-state index contributed by atoms with van der Waals surface area (Å²) in [5, 5.41) is 11.8. The Hall–Kier alpha value is -2.22. The number of nitrogens with one attached hydrogen (secondary N) is 1. The minimum Gasteiger partial charge on any atom is -0.481 e. The third kappa shape index (κ3) is 3.21. The number of carbonyl (C=O) groups is 2. The molecule has 0 bridgehead atoms. The molecule has 0 radical (unpaired) electrons. The maximum atomic E-state index is 12.0. The van der Waals surface area contributed by atoms with Crippen LogP contribution in [0.3, 0.4) is 0 Å². The quantitative estimate of drug-likeness (QED) is 0.785. The molecule has 2 amide bonds. The molecule has 0 saturated carbocycles. The molecule has 2 heterocycles. The third-order valence-electron chi connectivity index (χ3n) is 3.25. The minimum atomic E-state index is -0.956. The highest BCUT2D eigenvalue weighted by Gasteiger charge is 2.38. The first-order valence-corrected chi connectivity index (χ1v) is 6.15. The van der Waals surface area contributed by atoms with Crippen LogP contribution in [0, 0.1) is 5.92 Å². The lowest BCUT2D eigenvalue weighted by Gasteiger charge is -2.26. The number of rotatable bonds is 4. The molecule has 2 rings (SSSR count). The number of amides is 2. The van der Waals surface area contributed by atoms with Crippen molar-refractivity contribution in [2.75, 3.05) is 20.3 Å². The Morgan fingerprint density at radius 3 is 3.00 bits per heavy atom. The molecule has 1 aliphatic heterocycles. The van der Waals surface area contributed by atoms with Crippen molar-refractivity contribution in [3.8, 4) is 0 Å². The molecule has 8 heteroatoms. The smallest absolute Gasteiger partial charge is 0.317 e. The molecule has 2 atom stereocenters. The van der Waals surface area contributed by atoms with Gasteiger partial charge in [-0.3, -0.25) is 4.79 Å². The van der Waals surface area contributed by atoms with Crippen molar-refractivity contribution in [3.63, 3.8) is 0 Å². The summed E-state index contributed by atoms with van der Waals surface area (Å²) < 4.78 is 5.14. The van der Waals surface area contributed by atoms with Crippen LogP contribution in [-0.2, 0) is 16.1 Å². The van der Waals surface area contributed by atoms with Crippen LogP contribution in [0.15, 0.2) is 18.6 Å². The molecule has 1 aromatic rings. The molecule has 2 unspecified atom stereocenters. The Kier molecular flexibility index (Phi) is 4.46. The van der Waals surface area contributed by atoms with Gasteiger partial charge in [-0.2, -0.15) is 0 Å². The lowest BCUT2D eigenvalue weighted by Crippen LogP contribution is -2.48. The number of ether oxygens (including phenoxy) is 1. The summed E-state index contributed by atoms with van der Waals surface area (Å²) in [5.41, 5.74) is 0.680. The van der Waals surface area contributed by atoms with Gasteiger partial charge in [-0.05, 0) is 6.07 Å². The van der Waals surface area contributed by atoms with E-state index in [0.29, 0.717) is 5.69 Å². The number of carbonyl (C=O) groups excluding carboxylic acids is 1. The molecular formula is C12H16N4O4. The van der Waals surface area contributed by atoms with Gasteiger partial charge in [-0.15, -0.1) is 0 Å². The van der Waals surface area contributed by atoms with Gasteiger partial charge in [0.05, 0.1) is 31.5 Å². The molecule has 1 aromatic heterocycles. The van der Waals surface area contributed by atoms with Crippen molar-refractivity contribution in [1.82, 2.24) is 20.2 Å². The second-order valence-corrected chi connectivity index (χ2v) is 4.52. The second-order valence-electron chi connectivity index (χ2n) is 4.52. The van der Waals surface area contributed by atoms with E-state index in [1.165, 1.54) is 11.2 Å². The molecule has 0 spiro atoms. The van der Waals surface area contributed by atoms with Gasteiger partial charge in [-0.25, -0.2) is 14.8 Å². The van der Waals surface area contributed by atoms with Gasteiger partial charge in [0, 0.05) is 13.2 Å². The maximum Gasteiger partial charge on any atom is 0.317 e. The van der Waals surface area contributed by atoms with Crippen molar-refractivity contribution in [3.05, 3.63) is 24.3 Å². The maximum absolute atomic E-state index is 12.0. The van der Waals surface area contributed by atoms with Crippen molar-refractivity contribution >= 4 is 12.0 Å². The highest BCUT2D eigenvalue weighted by molar-refractivity contribution is 5.77. The monoisotopic (exact) mass is 280 g/mol. The third-order valence-corrected chi connectivity index (χ3v) is 3.25. The Bertz CT molecular complexity index is 482. The van der Waals surface area contributed by atoms with E-state index in [4.69, 9.17) is 9.84 Å². The van der Waals surface area contributed by atoms with Gasteiger partial charge >= 0.3 is 12.0 Å². The Morgan fingerprint density at radius 2 is 2.35 bits per heavy atom. The fourth-order valence-corrected chi connectivity index (χ4v) is 2.02. The van der Waals surface area contributed by atoms with Crippen molar-refractivity contribution in [2.24, 2.45) is 5.92 Å². The molecule has 2 N–H and O–H groups in total. The molecule has 1 aliphatic rings. The second kappa shape index (κ2) is 6.29. The number of likely N-dealkylation sites (N-methyl/N-ethyl adjacent to an activating group) is 1. The first kappa shape index (κ1) is 14.2. The molecule has 20 heavy (non-hydrogen) atoms. The Balaban J connectivity index is 1.90. The molecular weight excluding hydrogens is 264 g/mol. The molecule has 108 valence electrons. The number of carboxylic acids is 1. The van der Waals surface area contributed by atoms with Gasteiger partial charge < -0.3 is 20.1 Å². The summed E-state index contributed by atoms with van der Waals surface area (Å²) in [4.78, 5) is 32.2. The van der Waals surface area contributed by atoms with Crippen LogP contribution < -0.4 is 5.32 Å².